The summed E-state index contributed by atoms with van der Waals surface area (Å²) in [4.78, 5) is 28.6. The number of Topliss-reactive ketones (excluding diaryl/α,β-unsaturated/α-hetero) is 1. The summed E-state index contributed by atoms with van der Waals surface area (Å²) in [5.74, 6) is -0.797. The Hall–Kier alpha value is -2.73. The smallest absolute Gasteiger partial charge is 0.340 e. The number of hydrogen-bond acceptors (Lipinski definition) is 4. The monoisotopic (exact) mass is 426 g/mol. The van der Waals surface area contributed by atoms with E-state index in [2.05, 4.69) is 25.5 Å². The quantitative estimate of drug-likeness (QED) is 0.434. The molecule has 2 aromatic heterocycles. The lowest BCUT2D eigenvalue weighted by atomic mass is 10.1. The van der Waals surface area contributed by atoms with Crippen LogP contribution in [0.25, 0.3) is 0 Å². The molecule has 0 atom stereocenters. The van der Waals surface area contributed by atoms with Crippen molar-refractivity contribution in [3.8, 4) is 0 Å². The van der Waals surface area contributed by atoms with Crippen molar-refractivity contribution in [2.45, 2.75) is 20.4 Å². The van der Waals surface area contributed by atoms with Gasteiger partial charge in [0.05, 0.1) is 5.56 Å². The fourth-order valence-corrected chi connectivity index (χ4v) is 3.27. The van der Waals surface area contributed by atoms with Gasteiger partial charge in [-0.3, -0.25) is 9.78 Å². The summed E-state index contributed by atoms with van der Waals surface area (Å²) >= 11 is 3.25. The van der Waals surface area contributed by atoms with Crippen LogP contribution < -0.4 is 0 Å². The molecule has 0 bridgehead atoms. The molecule has 3 rings (SSSR count). The largest absolute Gasteiger partial charge is 0.454 e. The van der Waals surface area contributed by atoms with E-state index in [-0.39, 0.29) is 12.4 Å². The van der Waals surface area contributed by atoms with Gasteiger partial charge in [-0.05, 0) is 47.5 Å². The van der Waals surface area contributed by atoms with Crippen molar-refractivity contribution in [2.75, 3.05) is 6.61 Å². The van der Waals surface area contributed by atoms with Gasteiger partial charge in [-0.2, -0.15) is 0 Å². The molecule has 0 saturated carbocycles. The molecule has 0 amide bonds. The maximum atomic E-state index is 12.6. The third-order valence-electron chi connectivity index (χ3n) is 4.33. The standard InChI is InChI=1S/C21H19BrN2O3/c1-14-8-19(15(2)24(14)12-16-6-4-3-5-7-16)20(25)13-27-21(26)17-9-18(22)11-23-10-17/h3-11H,12-13H2,1-2H3. The summed E-state index contributed by atoms with van der Waals surface area (Å²) in [7, 11) is 0. The average Bonchev–Trinajstić information content (AvgIpc) is 2.95. The number of ether oxygens (including phenoxy) is 1. The van der Waals surface area contributed by atoms with Gasteiger partial charge in [-0.25, -0.2) is 4.79 Å². The number of carbonyl (C=O) groups excluding carboxylic acids is 2. The number of halogens is 1. The topological polar surface area (TPSA) is 61.2 Å². The molecule has 0 radical (unpaired) electrons. The lowest BCUT2D eigenvalue weighted by molar-refractivity contribution is 0.0474. The Morgan fingerprint density at radius 1 is 1.11 bits per heavy atom. The molecule has 27 heavy (non-hydrogen) atoms. The minimum Gasteiger partial charge on any atom is -0.454 e. The van der Waals surface area contributed by atoms with Crippen LogP contribution in [0.4, 0.5) is 0 Å². The molecule has 0 N–H and O–H groups in total. The van der Waals surface area contributed by atoms with Crippen LogP contribution in [0.15, 0.2) is 59.3 Å². The van der Waals surface area contributed by atoms with Crippen LogP contribution in [-0.4, -0.2) is 27.9 Å². The van der Waals surface area contributed by atoms with Gasteiger partial charge in [0.15, 0.2) is 6.61 Å². The van der Waals surface area contributed by atoms with E-state index < -0.39 is 5.97 Å². The Balaban J connectivity index is 1.70. The molecule has 0 unspecified atom stereocenters. The van der Waals surface area contributed by atoms with Gasteiger partial charge in [0, 0.05) is 40.4 Å². The molecular weight excluding hydrogens is 408 g/mol. The van der Waals surface area contributed by atoms with Crippen LogP contribution in [0, 0.1) is 13.8 Å². The number of carbonyl (C=O) groups is 2. The van der Waals surface area contributed by atoms with Gasteiger partial charge in [0.1, 0.15) is 0 Å². The van der Waals surface area contributed by atoms with E-state index in [9.17, 15) is 9.59 Å². The SMILES string of the molecule is Cc1cc(C(=O)COC(=O)c2cncc(Br)c2)c(C)n1Cc1ccccc1. The molecule has 1 aromatic carbocycles. The Kier molecular flexibility index (Phi) is 5.86. The van der Waals surface area contributed by atoms with Gasteiger partial charge in [0.2, 0.25) is 5.78 Å². The fraction of sp³-hybridized carbons (Fsp3) is 0.190. The molecule has 0 spiro atoms. The zero-order valence-corrected chi connectivity index (χ0v) is 16.7. The van der Waals surface area contributed by atoms with Gasteiger partial charge >= 0.3 is 5.97 Å². The van der Waals surface area contributed by atoms with E-state index in [1.807, 2.05) is 50.2 Å². The van der Waals surface area contributed by atoms with Crippen molar-refractivity contribution in [1.82, 2.24) is 9.55 Å². The maximum Gasteiger partial charge on any atom is 0.340 e. The Morgan fingerprint density at radius 3 is 2.56 bits per heavy atom. The lowest BCUT2D eigenvalue weighted by Gasteiger charge is -2.10. The zero-order chi connectivity index (χ0) is 19.4. The predicted molar refractivity (Wildman–Crippen MR) is 106 cm³/mol. The van der Waals surface area contributed by atoms with Gasteiger partial charge < -0.3 is 9.30 Å². The number of benzene rings is 1. The summed E-state index contributed by atoms with van der Waals surface area (Å²) in [5.41, 5.74) is 3.88. The first-order valence-corrected chi connectivity index (χ1v) is 9.26. The summed E-state index contributed by atoms with van der Waals surface area (Å²) in [6, 6.07) is 13.5. The number of hydrogen-bond donors (Lipinski definition) is 0. The van der Waals surface area contributed by atoms with Crippen LogP contribution in [-0.2, 0) is 11.3 Å². The highest BCUT2D eigenvalue weighted by Crippen LogP contribution is 2.18. The number of rotatable bonds is 6. The van der Waals surface area contributed by atoms with E-state index in [1.54, 1.807) is 12.3 Å². The number of ketones is 1. The van der Waals surface area contributed by atoms with E-state index in [0.29, 0.717) is 22.1 Å². The molecule has 3 aromatic rings. The molecule has 0 saturated heterocycles. The Bertz CT molecular complexity index is 980. The molecule has 0 aliphatic rings. The zero-order valence-electron chi connectivity index (χ0n) is 15.1. The molecule has 5 nitrogen and oxygen atoms in total. The highest BCUT2D eigenvalue weighted by atomic mass is 79.9. The Labute approximate surface area is 166 Å². The molecule has 6 heteroatoms. The first-order valence-electron chi connectivity index (χ1n) is 8.47. The first-order chi connectivity index (χ1) is 13.0. The maximum absolute atomic E-state index is 12.6. The van der Waals surface area contributed by atoms with Crippen LogP contribution >= 0.6 is 15.9 Å². The number of nitrogens with zero attached hydrogens (tertiary/aromatic N) is 2. The third-order valence-corrected chi connectivity index (χ3v) is 4.77. The first kappa shape index (κ1) is 19.0. The van der Waals surface area contributed by atoms with Crippen molar-refractivity contribution < 1.29 is 14.3 Å². The van der Waals surface area contributed by atoms with Gasteiger partial charge in [0.25, 0.3) is 0 Å². The van der Waals surface area contributed by atoms with Gasteiger partial charge in [-0.1, -0.05) is 30.3 Å². The van der Waals surface area contributed by atoms with Crippen molar-refractivity contribution >= 4 is 27.7 Å². The normalized spacial score (nSPS) is 10.6. The minimum absolute atomic E-state index is 0.223. The third kappa shape index (κ3) is 4.52. The summed E-state index contributed by atoms with van der Waals surface area (Å²) in [5, 5.41) is 0. The highest BCUT2D eigenvalue weighted by Gasteiger charge is 2.18. The molecule has 2 heterocycles. The van der Waals surface area contributed by atoms with E-state index in [0.717, 1.165) is 17.0 Å². The van der Waals surface area contributed by atoms with Gasteiger partial charge in [-0.15, -0.1) is 0 Å². The number of aromatic nitrogens is 2. The summed E-state index contributed by atoms with van der Waals surface area (Å²) < 4.78 is 7.92. The molecule has 138 valence electrons. The average molecular weight is 427 g/mol. The summed E-state index contributed by atoms with van der Waals surface area (Å²) in [6.07, 6.45) is 2.98. The Morgan fingerprint density at radius 2 is 1.85 bits per heavy atom. The van der Waals surface area contributed by atoms with Crippen molar-refractivity contribution in [2.24, 2.45) is 0 Å². The predicted octanol–water partition coefficient (Wildman–Crippen LogP) is 4.35. The summed E-state index contributed by atoms with van der Waals surface area (Å²) in [6.45, 7) is 4.26. The lowest BCUT2D eigenvalue weighted by Crippen LogP contribution is -2.15. The highest BCUT2D eigenvalue weighted by molar-refractivity contribution is 9.10. The van der Waals surface area contributed by atoms with Crippen molar-refractivity contribution in [3.05, 3.63) is 87.4 Å². The number of esters is 1. The fourth-order valence-electron chi connectivity index (χ4n) is 2.91. The van der Waals surface area contributed by atoms with Crippen LogP contribution in [0.3, 0.4) is 0 Å². The molecule has 0 fully saturated rings. The molecule has 0 aliphatic heterocycles. The number of pyridine rings is 1. The minimum atomic E-state index is -0.574. The number of aryl methyl sites for hydroxylation is 1. The van der Waals surface area contributed by atoms with Crippen LogP contribution in [0.2, 0.25) is 0 Å². The van der Waals surface area contributed by atoms with E-state index in [1.165, 1.54) is 6.20 Å². The van der Waals surface area contributed by atoms with Crippen molar-refractivity contribution in [1.29, 1.82) is 0 Å². The van der Waals surface area contributed by atoms with E-state index >= 15 is 0 Å². The molecule has 0 aliphatic carbocycles. The molecular formula is C21H19BrN2O3. The van der Waals surface area contributed by atoms with Crippen LogP contribution in [0.5, 0.6) is 0 Å². The van der Waals surface area contributed by atoms with E-state index in [4.69, 9.17) is 4.74 Å². The second-order valence-corrected chi connectivity index (χ2v) is 7.16. The van der Waals surface area contributed by atoms with Crippen LogP contribution in [0.1, 0.15) is 37.7 Å². The second-order valence-electron chi connectivity index (χ2n) is 6.25. The van der Waals surface area contributed by atoms with Crippen molar-refractivity contribution in [3.63, 3.8) is 0 Å². The second kappa shape index (κ2) is 8.31.